The summed E-state index contributed by atoms with van der Waals surface area (Å²) in [6, 6.07) is 10.3. The highest BCUT2D eigenvalue weighted by molar-refractivity contribution is 7.89. The number of rotatable bonds is 9. The number of halogens is 1. The van der Waals surface area contributed by atoms with Crippen LogP contribution in [0.3, 0.4) is 0 Å². The van der Waals surface area contributed by atoms with Crippen LogP contribution in [0.25, 0.3) is 0 Å². The molecule has 1 N–H and O–H groups in total. The van der Waals surface area contributed by atoms with Crippen molar-refractivity contribution < 1.29 is 22.3 Å². The second-order valence-corrected chi connectivity index (χ2v) is 8.37. The van der Waals surface area contributed by atoms with Crippen LogP contribution in [0.4, 0.5) is 15.8 Å². The van der Waals surface area contributed by atoms with Crippen LogP contribution >= 0.6 is 0 Å². The van der Waals surface area contributed by atoms with Gasteiger partial charge in [0.15, 0.2) is 18.2 Å². The number of carbonyl (C=O) groups excluding carboxylic acids is 1. The number of sulfonamides is 1. The Morgan fingerprint density at radius 2 is 1.76 bits per heavy atom. The predicted molar refractivity (Wildman–Crippen MR) is 111 cm³/mol. The van der Waals surface area contributed by atoms with Gasteiger partial charge in [-0.3, -0.25) is 4.79 Å². The third-order valence-electron chi connectivity index (χ3n) is 4.26. The van der Waals surface area contributed by atoms with E-state index in [0.717, 1.165) is 0 Å². The van der Waals surface area contributed by atoms with E-state index >= 15 is 0 Å². The third kappa shape index (κ3) is 5.45. The Morgan fingerprint density at radius 1 is 1.10 bits per heavy atom. The molecule has 2 aromatic rings. The summed E-state index contributed by atoms with van der Waals surface area (Å²) in [6.45, 7) is 3.79. The Labute approximate surface area is 171 Å². The normalized spacial score (nSPS) is 11.4. The lowest BCUT2D eigenvalue weighted by atomic mass is 10.2. The molecule has 0 heterocycles. The molecule has 1 amide bonds. The minimum Gasteiger partial charge on any atom is -0.481 e. The first-order chi connectivity index (χ1) is 13.7. The van der Waals surface area contributed by atoms with Gasteiger partial charge in [0.05, 0.1) is 16.3 Å². The summed E-state index contributed by atoms with van der Waals surface area (Å²) in [5, 5.41) is 2.66. The number of nitrogens with one attached hydrogen (secondary N) is 1. The van der Waals surface area contributed by atoms with Crippen molar-refractivity contribution in [3.63, 3.8) is 0 Å². The Hall–Kier alpha value is -2.65. The van der Waals surface area contributed by atoms with Crippen molar-refractivity contribution in [2.45, 2.75) is 18.7 Å². The van der Waals surface area contributed by atoms with Crippen LogP contribution < -0.4 is 15.0 Å². The molecule has 7 nitrogen and oxygen atoms in total. The van der Waals surface area contributed by atoms with Crippen LogP contribution in [0.15, 0.2) is 47.4 Å². The van der Waals surface area contributed by atoms with E-state index in [0.29, 0.717) is 24.5 Å². The average Bonchev–Trinajstić information content (AvgIpc) is 2.67. The highest BCUT2D eigenvalue weighted by Crippen LogP contribution is 2.29. The lowest BCUT2D eigenvalue weighted by molar-refractivity contribution is -0.118. The number of ether oxygens (including phenoxy) is 1. The topological polar surface area (TPSA) is 79.0 Å². The number of amides is 1. The molecule has 0 radical (unpaired) electrons. The average molecular weight is 424 g/mol. The van der Waals surface area contributed by atoms with Gasteiger partial charge < -0.3 is 15.0 Å². The number of hydrogen-bond donors (Lipinski definition) is 1. The number of para-hydroxylation sites is 1. The number of carbonyl (C=O) groups is 1. The summed E-state index contributed by atoms with van der Waals surface area (Å²) in [4.78, 5) is 14.2. The van der Waals surface area contributed by atoms with Crippen molar-refractivity contribution in [2.75, 3.05) is 44.0 Å². The molecular formula is C20H26FN3O4S. The highest BCUT2D eigenvalue weighted by atomic mass is 32.2. The molecule has 0 bridgehead atoms. The van der Waals surface area contributed by atoms with Crippen molar-refractivity contribution in [1.82, 2.24) is 4.31 Å². The Bertz CT molecular complexity index is 960. The lowest BCUT2D eigenvalue weighted by Gasteiger charge is -2.22. The SMILES string of the molecule is CCN(CC)S(=O)(=O)c1ccc(N(C)C)c(NC(=O)COc2ccccc2F)c1. The third-order valence-corrected chi connectivity index (χ3v) is 6.31. The minimum absolute atomic E-state index is 0.0339. The van der Waals surface area contributed by atoms with Crippen molar-refractivity contribution in [3.05, 3.63) is 48.3 Å². The molecule has 0 atom stereocenters. The fraction of sp³-hybridized carbons (Fsp3) is 0.350. The van der Waals surface area contributed by atoms with E-state index in [1.54, 1.807) is 45.0 Å². The van der Waals surface area contributed by atoms with Crippen molar-refractivity contribution >= 4 is 27.3 Å². The Kier molecular flexibility index (Phi) is 7.58. The number of hydrogen-bond acceptors (Lipinski definition) is 5. The van der Waals surface area contributed by atoms with E-state index in [1.807, 2.05) is 0 Å². The summed E-state index contributed by atoms with van der Waals surface area (Å²) in [6.07, 6.45) is 0. The van der Waals surface area contributed by atoms with Crippen LogP contribution in [0.2, 0.25) is 0 Å². The van der Waals surface area contributed by atoms with Gasteiger partial charge in [0.1, 0.15) is 0 Å². The number of benzene rings is 2. The molecule has 0 spiro atoms. The molecule has 0 aromatic heterocycles. The number of anilines is 2. The molecule has 0 fully saturated rings. The molecule has 0 saturated heterocycles. The van der Waals surface area contributed by atoms with E-state index in [-0.39, 0.29) is 10.6 Å². The first-order valence-electron chi connectivity index (χ1n) is 9.19. The van der Waals surface area contributed by atoms with Crippen LogP contribution in [0, 0.1) is 5.82 Å². The predicted octanol–water partition coefficient (Wildman–Crippen LogP) is 2.94. The molecule has 0 aliphatic carbocycles. The van der Waals surface area contributed by atoms with Gasteiger partial charge in [-0.25, -0.2) is 12.8 Å². The van der Waals surface area contributed by atoms with Gasteiger partial charge in [0, 0.05) is 27.2 Å². The molecule has 29 heavy (non-hydrogen) atoms. The quantitative estimate of drug-likeness (QED) is 0.671. The molecular weight excluding hydrogens is 397 g/mol. The molecule has 9 heteroatoms. The zero-order valence-corrected chi connectivity index (χ0v) is 17.8. The molecule has 0 aliphatic rings. The first kappa shape index (κ1) is 22.6. The van der Waals surface area contributed by atoms with Gasteiger partial charge in [-0.05, 0) is 30.3 Å². The minimum atomic E-state index is -3.68. The van der Waals surface area contributed by atoms with Gasteiger partial charge in [0.2, 0.25) is 10.0 Å². The van der Waals surface area contributed by atoms with Gasteiger partial charge in [-0.1, -0.05) is 26.0 Å². The van der Waals surface area contributed by atoms with E-state index in [2.05, 4.69) is 5.32 Å². The molecule has 0 aliphatic heterocycles. The van der Waals surface area contributed by atoms with Gasteiger partial charge in [-0.2, -0.15) is 4.31 Å². The maximum Gasteiger partial charge on any atom is 0.262 e. The van der Waals surface area contributed by atoms with E-state index < -0.39 is 28.4 Å². The van der Waals surface area contributed by atoms with Crippen LogP contribution in [0.5, 0.6) is 5.75 Å². The van der Waals surface area contributed by atoms with Crippen LogP contribution in [0.1, 0.15) is 13.8 Å². The summed E-state index contributed by atoms with van der Waals surface area (Å²) in [5.41, 5.74) is 0.952. The summed E-state index contributed by atoms with van der Waals surface area (Å²) >= 11 is 0. The largest absolute Gasteiger partial charge is 0.481 e. The molecule has 0 saturated carbocycles. The van der Waals surface area contributed by atoms with Crippen molar-refractivity contribution in [2.24, 2.45) is 0 Å². The summed E-state index contributed by atoms with van der Waals surface area (Å²) in [5.74, 6) is -1.14. The van der Waals surface area contributed by atoms with Crippen LogP contribution in [-0.2, 0) is 14.8 Å². The van der Waals surface area contributed by atoms with Gasteiger partial charge in [0.25, 0.3) is 5.91 Å². The standard InChI is InChI=1S/C20H26FN3O4S/c1-5-24(6-2)29(26,27)15-11-12-18(23(3)4)17(13-15)22-20(25)14-28-19-10-8-7-9-16(19)21/h7-13H,5-6,14H2,1-4H3,(H,22,25). The van der Waals surface area contributed by atoms with E-state index in [9.17, 15) is 17.6 Å². The van der Waals surface area contributed by atoms with Crippen LogP contribution in [-0.4, -0.2) is 52.4 Å². The fourth-order valence-corrected chi connectivity index (χ4v) is 4.25. The van der Waals surface area contributed by atoms with E-state index in [1.165, 1.54) is 34.6 Å². The molecule has 0 unspecified atom stereocenters. The summed E-state index contributed by atoms with van der Waals surface area (Å²) < 4.78 is 45.8. The lowest BCUT2D eigenvalue weighted by Crippen LogP contribution is -2.31. The molecule has 158 valence electrons. The van der Waals surface area contributed by atoms with Crippen molar-refractivity contribution in [3.8, 4) is 5.75 Å². The van der Waals surface area contributed by atoms with E-state index in [4.69, 9.17) is 4.74 Å². The fourth-order valence-electron chi connectivity index (χ4n) is 2.77. The first-order valence-corrected chi connectivity index (χ1v) is 10.6. The van der Waals surface area contributed by atoms with Crippen molar-refractivity contribution in [1.29, 1.82) is 0 Å². The molecule has 2 rings (SSSR count). The second kappa shape index (κ2) is 9.71. The smallest absolute Gasteiger partial charge is 0.262 e. The highest BCUT2D eigenvalue weighted by Gasteiger charge is 2.23. The zero-order valence-electron chi connectivity index (χ0n) is 17.0. The number of nitrogens with zero attached hydrogens (tertiary/aromatic N) is 2. The maximum atomic E-state index is 13.6. The van der Waals surface area contributed by atoms with Gasteiger partial charge >= 0.3 is 0 Å². The zero-order chi connectivity index (χ0) is 21.6. The monoisotopic (exact) mass is 423 g/mol. The van der Waals surface area contributed by atoms with Gasteiger partial charge in [-0.15, -0.1) is 0 Å². The summed E-state index contributed by atoms with van der Waals surface area (Å²) in [7, 11) is -0.126. The Morgan fingerprint density at radius 3 is 2.34 bits per heavy atom. The second-order valence-electron chi connectivity index (χ2n) is 6.43. The Balaban J connectivity index is 2.25. The maximum absolute atomic E-state index is 13.6. The molecule has 2 aromatic carbocycles.